The molecule has 1 heterocycles. The summed E-state index contributed by atoms with van der Waals surface area (Å²) in [4.78, 5) is 35.3. The fourth-order valence-corrected chi connectivity index (χ4v) is 3.95. The number of halogens is 1. The SMILES string of the molecule is O=C1NC(=O)/C(=C/c2ccc(OC(=O)C3CCCCC3)c(Br)c2)S1. The Bertz CT molecular complexity index is 725. The van der Waals surface area contributed by atoms with E-state index in [1.165, 1.54) is 6.42 Å². The van der Waals surface area contributed by atoms with Crippen LogP contribution in [0.3, 0.4) is 0 Å². The number of ether oxygens (including phenoxy) is 1. The maximum Gasteiger partial charge on any atom is 0.314 e. The molecule has 126 valence electrons. The lowest BCUT2D eigenvalue weighted by molar-refractivity contribution is -0.140. The molecule has 0 spiro atoms. The van der Waals surface area contributed by atoms with Crippen LogP contribution in [0.25, 0.3) is 6.08 Å². The quantitative estimate of drug-likeness (QED) is 0.458. The lowest BCUT2D eigenvalue weighted by Crippen LogP contribution is -2.22. The Morgan fingerprint density at radius 1 is 1.25 bits per heavy atom. The molecule has 1 aromatic carbocycles. The highest BCUT2D eigenvalue weighted by Crippen LogP contribution is 2.32. The first-order chi connectivity index (χ1) is 11.5. The number of hydrogen-bond donors (Lipinski definition) is 1. The van der Waals surface area contributed by atoms with Crippen molar-refractivity contribution in [2.24, 2.45) is 5.92 Å². The lowest BCUT2D eigenvalue weighted by atomic mass is 9.89. The van der Waals surface area contributed by atoms with Gasteiger partial charge in [-0.2, -0.15) is 0 Å². The van der Waals surface area contributed by atoms with Crippen molar-refractivity contribution >= 4 is 50.9 Å². The van der Waals surface area contributed by atoms with Crippen molar-refractivity contribution in [1.29, 1.82) is 0 Å². The molecule has 5 nitrogen and oxygen atoms in total. The monoisotopic (exact) mass is 409 g/mol. The van der Waals surface area contributed by atoms with Crippen LogP contribution in [0.5, 0.6) is 5.75 Å². The van der Waals surface area contributed by atoms with Crippen LogP contribution in [0, 0.1) is 5.92 Å². The predicted molar refractivity (Wildman–Crippen MR) is 95.5 cm³/mol. The number of hydrogen-bond acceptors (Lipinski definition) is 5. The van der Waals surface area contributed by atoms with E-state index in [9.17, 15) is 14.4 Å². The largest absolute Gasteiger partial charge is 0.425 e. The molecular weight excluding hydrogens is 394 g/mol. The second kappa shape index (κ2) is 7.53. The van der Waals surface area contributed by atoms with Crippen molar-refractivity contribution in [1.82, 2.24) is 5.32 Å². The summed E-state index contributed by atoms with van der Waals surface area (Å²) >= 11 is 4.26. The average molecular weight is 410 g/mol. The Morgan fingerprint density at radius 3 is 2.62 bits per heavy atom. The smallest absolute Gasteiger partial charge is 0.314 e. The summed E-state index contributed by atoms with van der Waals surface area (Å²) in [5.74, 6) is -0.129. The highest BCUT2D eigenvalue weighted by atomic mass is 79.9. The number of thioether (sulfide) groups is 1. The van der Waals surface area contributed by atoms with Crippen molar-refractivity contribution in [3.05, 3.63) is 33.1 Å². The Balaban J connectivity index is 1.70. The number of carbonyl (C=O) groups is 3. The average Bonchev–Trinajstić information content (AvgIpc) is 2.88. The molecule has 0 bridgehead atoms. The Kier molecular flexibility index (Phi) is 5.40. The second-order valence-electron chi connectivity index (χ2n) is 5.80. The maximum atomic E-state index is 12.2. The number of amides is 2. The van der Waals surface area contributed by atoms with Crippen molar-refractivity contribution in [2.45, 2.75) is 32.1 Å². The van der Waals surface area contributed by atoms with Crippen molar-refractivity contribution in [3.63, 3.8) is 0 Å². The van der Waals surface area contributed by atoms with E-state index in [0.29, 0.717) is 15.1 Å². The van der Waals surface area contributed by atoms with Crippen LogP contribution in [0.2, 0.25) is 0 Å². The Morgan fingerprint density at radius 2 is 2.00 bits per heavy atom. The molecule has 3 rings (SSSR count). The number of nitrogens with one attached hydrogen (secondary N) is 1. The topological polar surface area (TPSA) is 72.5 Å². The van der Waals surface area contributed by atoms with Crippen molar-refractivity contribution in [3.8, 4) is 5.75 Å². The maximum absolute atomic E-state index is 12.2. The van der Waals surface area contributed by atoms with Gasteiger partial charge >= 0.3 is 5.97 Å². The number of esters is 1. The number of benzene rings is 1. The molecule has 24 heavy (non-hydrogen) atoms. The molecule has 2 aliphatic rings. The van der Waals surface area contributed by atoms with Gasteiger partial charge in [-0.1, -0.05) is 25.3 Å². The van der Waals surface area contributed by atoms with Crippen LogP contribution in [0.4, 0.5) is 4.79 Å². The second-order valence-corrected chi connectivity index (χ2v) is 7.67. The minimum Gasteiger partial charge on any atom is -0.425 e. The highest BCUT2D eigenvalue weighted by Gasteiger charge is 2.25. The first-order valence-corrected chi connectivity index (χ1v) is 9.40. The fraction of sp³-hybridized carbons (Fsp3) is 0.353. The molecule has 1 N–H and O–H groups in total. The molecule has 2 amide bonds. The molecule has 1 saturated heterocycles. The van der Waals surface area contributed by atoms with Gasteiger partial charge in [-0.05, 0) is 64.3 Å². The molecule has 2 fully saturated rings. The molecule has 0 aromatic heterocycles. The summed E-state index contributed by atoms with van der Waals surface area (Å²) in [5.41, 5.74) is 0.742. The van der Waals surface area contributed by atoms with Crippen LogP contribution in [-0.2, 0) is 9.59 Å². The third kappa shape index (κ3) is 4.08. The normalized spacial score (nSPS) is 20.3. The van der Waals surface area contributed by atoms with Crippen molar-refractivity contribution < 1.29 is 19.1 Å². The van der Waals surface area contributed by atoms with Gasteiger partial charge in [-0.25, -0.2) is 0 Å². The molecular formula is C17H16BrNO4S. The first kappa shape index (κ1) is 17.2. The first-order valence-electron chi connectivity index (χ1n) is 7.79. The third-order valence-electron chi connectivity index (χ3n) is 4.04. The van der Waals surface area contributed by atoms with Gasteiger partial charge in [0.15, 0.2) is 0 Å². The van der Waals surface area contributed by atoms with Crippen LogP contribution in [-0.4, -0.2) is 17.1 Å². The summed E-state index contributed by atoms with van der Waals surface area (Å²) in [7, 11) is 0. The molecule has 1 aliphatic carbocycles. The van der Waals surface area contributed by atoms with Gasteiger partial charge < -0.3 is 4.74 Å². The van der Waals surface area contributed by atoms with Gasteiger partial charge in [0.05, 0.1) is 15.3 Å². The molecule has 7 heteroatoms. The van der Waals surface area contributed by atoms with Gasteiger partial charge in [0.25, 0.3) is 11.1 Å². The fourth-order valence-electron chi connectivity index (χ4n) is 2.79. The van der Waals surface area contributed by atoms with Gasteiger partial charge in [0.1, 0.15) is 5.75 Å². The minimum absolute atomic E-state index is 0.0166. The van der Waals surface area contributed by atoms with Gasteiger partial charge in [0.2, 0.25) is 0 Å². The summed E-state index contributed by atoms with van der Waals surface area (Å²) in [6.45, 7) is 0. The predicted octanol–water partition coefficient (Wildman–Crippen LogP) is 4.26. The number of carbonyl (C=O) groups excluding carboxylic acids is 3. The summed E-state index contributed by atoms with van der Waals surface area (Å²) < 4.78 is 6.14. The van der Waals surface area contributed by atoms with E-state index < -0.39 is 5.91 Å². The van der Waals surface area contributed by atoms with Gasteiger partial charge in [-0.15, -0.1) is 0 Å². The van der Waals surface area contributed by atoms with E-state index >= 15 is 0 Å². The third-order valence-corrected chi connectivity index (χ3v) is 5.48. The van der Waals surface area contributed by atoms with Gasteiger partial charge in [-0.3, -0.25) is 19.7 Å². The van der Waals surface area contributed by atoms with E-state index in [0.717, 1.165) is 43.0 Å². The number of rotatable bonds is 3. The molecule has 0 radical (unpaired) electrons. The molecule has 1 saturated carbocycles. The van der Waals surface area contributed by atoms with E-state index in [1.54, 1.807) is 24.3 Å². The van der Waals surface area contributed by atoms with E-state index in [4.69, 9.17) is 4.74 Å². The van der Waals surface area contributed by atoms with Crippen LogP contribution in [0.15, 0.2) is 27.6 Å². The Labute approximate surface area is 152 Å². The van der Waals surface area contributed by atoms with Crippen LogP contribution < -0.4 is 10.1 Å². The van der Waals surface area contributed by atoms with Crippen LogP contribution >= 0.6 is 27.7 Å². The highest BCUT2D eigenvalue weighted by molar-refractivity contribution is 9.10. The summed E-state index contributed by atoms with van der Waals surface area (Å²) in [6.07, 6.45) is 6.74. The van der Waals surface area contributed by atoms with E-state index in [1.807, 2.05) is 0 Å². The lowest BCUT2D eigenvalue weighted by Gasteiger charge is -2.20. The zero-order valence-corrected chi connectivity index (χ0v) is 15.2. The van der Waals surface area contributed by atoms with E-state index in [-0.39, 0.29) is 17.1 Å². The number of imide groups is 1. The molecule has 0 atom stereocenters. The Hall–Kier alpha value is -1.60. The summed E-state index contributed by atoms with van der Waals surface area (Å²) in [5, 5.41) is 1.84. The minimum atomic E-state index is -0.395. The zero-order chi connectivity index (χ0) is 17.1. The van der Waals surface area contributed by atoms with E-state index in [2.05, 4.69) is 21.2 Å². The standard InChI is InChI=1S/C17H16BrNO4S/c18-12-8-10(9-14-15(20)19-17(22)24-14)6-7-13(12)23-16(21)11-4-2-1-3-5-11/h6-9,11H,1-5H2,(H,19,20,22)/b14-9-. The summed E-state index contributed by atoms with van der Waals surface area (Å²) in [6, 6.07) is 5.20. The van der Waals surface area contributed by atoms with Gasteiger partial charge in [0, 0.05) is 0 Å². The molecule has 1 aromatic rings. The van der Waals surface area contributed by atoms with Crippen LogP contribution in [0.1, 0.15) is 37.7 Å². The molecule has 1 aliphatic heterocycles. The van der Waals surface area contributed by atoms with Crippen molar-refractivity contribution in [2.75, 3.05) is 0 Å². The molecule has 0 unspecified atom stereocenters. The zero-order valence-electron chi connectivity index (χ0n) is 12.8.